The van der Waals surface area contributed by atoms with E-state index in [1.165, 1.54) is 11.4 Å². The summed E-state index contributed by atoms with van der Waals surface area (Å²) in [5.41, 5.74) is 3.76. The lowest BCUT2D eigenvalue weighted by Crippen LogP contribution is -2.43. The smallest absolute Gasteiger partial charge is 0.246 e. The van der Waals surface area contributed by atoms with Gasteiger partial charge in [-0.15, -0.1) is 0 Å². The number of amides is 1. The van der Waals surface area contributed by atoms with Gasteiger partial charge >= 0.3 is 0 Å². The molecule has 31 heavy (non-hydrogen) atoms. The summed E-state index contributed by atoms with van der Waals surface area (Å²) < 4.78 is 33.4. The molecule has 168 valence electrons. The van der Waals surface area contributed by atoms with E-state index in [0.717, 1.165) is 22.4 Å². The summed E-state index contributed by atoms with van der Waals surface area (Å²) in [5, 5.41) is 3.09. The number of carbonyl (C=O) groups is 1. The number of benzene rings is 2. The number of sulfonamides is 1. The Balaban J connectivity index is 1.83. The number of nitrogens with zero attached hydrogens (tertiary/aromatic N) is 1. The minimum Gasteiger partial charge on any atom is -0.495 e. The van der Waals surface area contributed by atoms with Gasteiger partial charge in [-0.3, -0.25) is 4.79 Å². The molecule has 3 rings (SSSR count). The molecule has 1 aliphatic rings. The van der Waals surface area contributed by atoms with Crippen molar-refractivity contribution < 1.29 is 17.9 Å². The standard InChI is InChI=1S/C24H32N2O4S/c1-16(2)20-10-6-8-18(4)23(20)25-24(27)19-9-7-13-26(15-19)31(28,29)22-14-17(3)11-12-21(22)30-5/h6,8,10-12,14,16,19H,7,9,13,15H2,1-5H3,(H,25,27). The third kappa shape index (κ3) is 4.93. The monoisotopic (exact) mass is 444 g/mol. The average molecular weight is 445 g/mol. The summed E-state index contributed by atoms with van der Waals surface area (Å²) in [7, 11) is -2.31. The van der Waals surface area contributed by atoms with Gasteiger partial charge in [-0.05, 0) is 61.4 Å². The van der Waals surface area contributed by atoms with Gasteiger partial charge in [0.15, 0.2) is 0 Å². The first-order chi connectivity index (χ1) is 14.6. The highest BCUT2D eigenvalue weighted by atomic mass is 32.2. The number of piperidine rings is 1. The lowest BCUT2D eigenvalue weighted by atomic mass is 9.95. The molecule has 0 spiro atoms. The highest BCUT2D eigenvalue weighted by molar-refractivity contribution is 7.89. The van der Waals surface area contributed by atoms with Crippen LogP contribution in [0, 0.1) is 19.8 Å². The van der Waals surface area contributed by atoms with Crippen molar-refractivity contribution in [2.75, 3.05) is 25.5 Å². The first-order valence-corrected chi connectivity index (χ1v) is 12.1. The second kappa shape index (κ2) is 9.40. The third-order valence-electron chi connectivity index (χ3n) is 5.87. The number of hydrogen-bond donors (Lipinski definition) is 1. The Labute approximate surface area is 185 Å². The van der Waals surface area contributed by atoms with Crippen molar-refractivity contribution in [1.82, 2.24) is 4.31 Å². The zero-order valence-electron chi connectivity index (χ0n) is 18.9. The van der Waals surface area contributed by atoms with Crippen LogP contribution in [0.5, 0.6) is 5.75 Å². The molecule has 7 heteroatoms. The lowest BCUT2D eigenvalue weighted by molar-refractivity contribution is -0.120. The largest absolute Gasteiger partial charge is 0.495 e. The molecule has 1 fully saturated rings. The van der Waals surface area contributed by atoms with Crippen LogP contribution in [-0.4, -0.2) is 38.8 Å². The Bertz CT molecular complexity index is 1060. The molecule has 0 saturated carbocycles. The predicted molar refractivity (Wildman–Crippen MR) is 123 cm³/mol. The quantitative estimate of drug-likeness (QED) is 0.713. The van der Waals surface area contributed by atoms with Gasteiger partial charge in [-0.25, -0.2) is 8.42 Å². The van der Waals surface area contributed by atoms with Crippen molar-refractivity contribution in [1.29, 1.82) is 0 Å². The predicted octanol–water partition coefficient (Wildman–Crippen LogP) is 4.47. The number of rotatable bonds is 6. The number of para-hydroxylation sites is 1. The van der Waals surface area contributed by atoms with Gasteiger partial charge in [-0.1, -0.05) is 38.1 Å². The third-order valence-corrected chi connectivity index (χ3v) is 7.75. The second-order valence-electron chi connectivity index (χ2n) is 8.54. The Hall–Kier alpha value is -2.38. The van der Waals surface area contributed by atoms with E-state index < -0.39 is 15.9 Å². The van der Waals surface area contributed by atoms with E-state index in [0.29, 0.717) is 25.1 Å². The van der Waals surface area contributed by atoms with Crippen molar-refractivity contribution in [2.24, 2.45) is 5.92 Å². The normalized spacial score (nSPS) is 17.5. The van der Waals surface area contributed by atoms with E-state index in [-0.39, 0.29) is 23.3 Å². The Morgan fingerprint density at radius 3 is 2.61 bits per heavy atom. The fourth-order valence-corrected chi connectivity index (χ4v) is 5.83. The topological polar surface area (TPSA) is 75.7 Å². The summed E-state index contributed by atoms with van der Waals surface area (Å²) in [4.78, 5) is 13.3. The number of methoxy groups -OCH3 is 1. The van der Waals surface area contributed by atoms with Gasteiger partial charge in [-0.2, -0.15) is 4.31 Å². The molecule has 0 aromatic heterocycles. The maximum absolute atomic E-state index is 13.4. The molecule has 0 radical (unpaired) electrons. The van der Waals surface area contributed by atoms with E-state index in [9.17, 15) is 13.2 Å². The number of anilines is 1. The molecule has 1 amide bonds. The van der Waals surface area contributed by atoms with Crippen LogP contribution in [0.4, 0.5) is 5.69 Å². The lowest BCUT2D eigenvalue weighted by Gasteiger charge is -2.32. The van der Waals surface area contributed by atoms with E-state index in [4.69, 9.17) is 4.74 Å². The fourth-order valence-electron chi connectivity index (χ4n) is 4.07. The van der Waals surface area contributed by atoms with Crippen molar-refractivity contribution in [3.63, 3.8) is 0 Å². The summed E-state index contributed by atoms with van der Waals surface area (Å²) in [6, 6.07) is 11.1. The summed E-state index contributed by atoms with van der Waals surface area (Å²) in [6.07, 6.45) is 1.29. The SMILES string of the molecule is COc1ccc(C)cc1S(=O)(=O)N1CCCC(C(=O)Nc2c(C)cccc2C(C)C)C1. The van der Waals surface area contributed by atoms with E-state index >= 15 is 0 Å². The maximum Gasteiger partial charge on any atom is 0.246 e. The second-order valence-corrected chi connectivity index (χ2v) is 10.4. The zero-order chi connectivity index (χ0) is 22.8. The Morgan fingerprint density at radius 1 is 1.19 bits per heavy atom. The number of ether oxygens (including phenoxy) is 1. The van der Waals surface area contributed by atoms with Crippen LogP contribution in [0.1, 0.15) is 49.3 Å². The number of carbonyl (C=O) groups excluding carboxylic acids is 1. The van der Waals surface area contributed by atoms with Crippen LogP contribution in [0.2, 0.25) is 0 Å². The fraction of sp³-hybridized carbons (Fsp3) is 0.458. The Morgan fingerprint density at radius 2 is 1.94 bits per heavy atom. The summed E-state index contributed by atoms with van der Waals surface area (Å²) in [6.45, 7) is 8.56. The molecule has 1 aliphatic heterocycles. The molecule has 1 unspecified atom stereocenters. The molecule has 1 atom stereocenters. The molecule has 1 saturated heterocycles. The van der Waals surface area contributed by atoms with Gasteiger partial charge in [0.25, 0.3) is 0 Å². The van der Waals surface area contributed by atoms with Gasteiger partial charge in [0.1, 0.15) is 10.6 Å². The average Bonchev–Trinajstić information content (AvgIpc) is 2.75. The van der Waals surface area contributed by atoms with Crippen molar-refractivity contribution in [3.8, 4) is 5.75 Å². The molecule has 0 aliphatic carbocycles. The maximum atomic E-state index is 13.4. The van der Waals surface area contributed by atoms with E-state index in [1.807, 2.05) is 38.1 Å². The van der Waals surface area contributed by atoms with Crippen LogP contribution in [0.25, 0.3) is 0 Å². The molecule has 0 bridgehead atoms. The van der Waals surface area contributed by atoms with Crippen LogP contribution in [0.3, 0.4) is 0 Å². The summed E-state index contributed by atoms with van der Waals surface area (Å²) >= 11 is 0. The highest BCUT2D eigenvalue weighted by Crippen LogP contribution is 2.32. The first kappa shape index (κ1) is 23.3. The summed E-state index contributed by atoms with van der Waals surface area (Å²) in [5.74, 6) is 0.0529. The van der Waals surface area contributed by atoms with Gasteiger partial charge in [0, 0.05) is 18.8 Å². The van der Waals surface area contributed by atoms with Gasteiger partial charge in [0.05, 0.1) is 13.0 Å². The molecule has 6 nitrogen and oxygen atoms in total. The van der Waals surface area contributed by atoms with Crippen molar-refractivity contribution in [2.45, 2.75) is 51.3 Å². The molecule has 1 N–H and O–H groups in total. The van der Waals surface area contributed by atoms with Crippen molar-refractivity contribution in [3.05, 3.63) is 53.1 Å². The minimum absolute atomic E-state index is 0.132. The van der Waals surface area contributed by atoms with Crippen LogP contribution >= 0.6 is 0 Å². The van der Waals surface area contributed by atoms with Crippen LogP contribution < -0.4 is 10.1 Å². The molecule has 2 aromatic rings. The van der Waals surface area contributed by atoms with Crippen LogP contribution in [0.15, 0.2) is 41.3 Å². The highest BCUT2D eigenvalue weighted by Gasteiger charge is 2.35. The van der Waals surface area contributed by atoms with E-state index in [1.54, 1.807) is 12.1 Å². The number of aryl methyl sites for hydroxylation is 2. The molecule has 1 heterocycles. The van der Waals surface area contributed by atoms with Crippen LogP contribution in [-0.2, 0) is 14.8 Å². The molecular weight excluding hydrogens is 412 g/mol. The number of nitrogens with one attached hydrogen (secondary N) is 1. The molecule has 2 aromatic carbocycles. The van der Waals surface area contributed by atoms with Crippen molar-refractivity contribution >= 4 is 21.6 Å². The Kier molecular flexibility index (Phi) is 7.06. The van der Waals surface area contributed by atoms with E-state index in [2.05, 4.69) is 19.2 Å². The number of hydrogen-bond acceptors (Lipinski definition) is 4. The molecular formula is C24H32N2O4S. The first-order valence-electron chi connectivity index (χ1n) is 10.7. The zero-order valence-corrected chi connectivity index (χ0v) is 19.8. The van der Waals surface area contributed by atoms with Gasteiger partial charge < -0.3 is 10.1 Å². The minimum atomic E-state index is -3.77. The van der Waals surface area contributed by atoms with Gasteiger partial charge in [0.2, 0.25) is 15.9 Å².